The van der Waals surface area contributed by atoms with Gasteiger partial charge in [-0.3, -0.25) is 4.79 Å². The molecule has 0 saturated heterocycles. The van der Waals surface area contributed by atoms with Crippen LogP contribution in [0.25, 0.3) is 0 Å². The van der Waals surface area contributed by atoms with Crippen molar-refractivity contribution in [1.29, 1.82) is 0 Å². The monoisotopic (exact) mass is 230 g/mol. The number of alkyl halides is 3. The molecule has 0 heterocycles. The van der Waals surface area contributed by atoms with Crippen LogP contribution in [0.2, 0.25) is 0 Å². The molecule has 0 unspecified atom stereocenters. The van der Waals surface area contributed by atoms with Gasteiger partial charge in [-0.25, -0.2) is 0 Å². The largest absolute Gasteiger partial charge is 0.396 e. The quantitative estimate of drug-likeness (QED) is 0.719. The molecule has 0 aliphatic heterocycles. The zero-order chi connectivity index (χ0) is 12.2. The topological polar surface area (TPSA) is 17.1 Å². The normalized spacial score (nSPS) is 11.5. The molecule has 88 valence electrons. The van der Waals surface area contributed by atoms with Crippen LogP contribution in [0.4, 0.5) is 13.2 Å². The van der Waals surface area contributed by atoms with Gasteiger partial charge in [0.15, 0.2) is 5.78 Å². The van der Waals surface area contributed by atoms with E-state index in [4.69, 9.17) is 0 Å². The minimum Gasteiger partial charge on any atom is -0.294 e. The first-order valence-corrected chi connectivity index (χ1v) is 5.11. The van der Waals surface area contributed by atoms with Crippen LogP contribution in [0.15, 0.2) is 24.3 Å². The van der Waals surface area contributed by atoms with Crippen molar-refractivity contribution in [2.24, 2.45) is 0 Å². The summed E-state index contributed by atoms with van der Waals surface area (Å²) in [6.07, 6.45) is -4.15. The molecule has 0 radical (unpaired) electrons. The number of aryl methyl sites for hydroxylation is 1. The molecule has 1 rings (SSSR count). The first-order chi connectivity index (χ1) is 7.42. The van der Waals surface area contributed by atoms with Crippen molar-refractivity contribution in [2.45, 2.75) is 32.4 Å². The number of rotatable bonds is 4. The highest BCUT2D eigenvalue weighted by Gasteiger charge is 2.31. The van der Waals surface area contributed by atoms with Gasteiger partial charge in [0.25, 0.3) is 0 Å². The SMILES string of the molecule is CCCc1cccc(C(=O)CC(F)(F)F)c1. The van der Waals surface area contributed by atoms with Gasteiger partial charge < -0.3 is 0 Å². The van der Waals surface area contributed by atoms with E-state index >= 15 is 0 Å². The summed E-state index contributed by atoms with van der Waals surface area (Å²) in [5, 5.41) is 0. The van der Waals surface area contributed by atoms with Crippen LogP contribution in [0.1, 0.15) is 35.7 Å². The molecule has 1 aromatic carbocycles. The highest BCUT2D eigenvalue weighted by Crippen LogP contribution is 2.22. The van der Waals surface area contributed by atoms with E-state index in [0.717, 1.165) is 18.4 Å². The number of halogens is 3. The third-order valence-corrected chi connectivity index (χ3v) is 2.15. The molecule has 0 bridgehead atoms. The Morgan fingerprint density at radius 1 is 1.31 bits per heavy atom. The van der Waals surface area contributed by atoms with Crippen molar-refractivity contribution >= 4 is 5.78 Å². The second-order valence-corrected chi connectivity index (χ2v) is 3.67. The van der Waals surface area contributed by atoms with Crippen molar-refractivity contribution < 1.29 is 18.0 Å². The molecule has 0 aromatic heterocycles. The van der Waals surface area contributed by atoms with E-state index in [1.807, 2.05) is 13.0 Å². The van der Waals surface area contributed by atoms with Gasteiger partial charge >= 0.3 is 6.18 Å². The second-order valence-electron chi connectivity index (χ2n) is 3.67. The Morgan fingerprint density at radius 3 is 2.56 bits per heavy atom. The lowest BCUT2D eigenvalue weighted by Crippen LogP contribution is -2.15. The van der Waals surface area contributed by atoms with Crippen LogP contribution in [-0.4, -0.2) is 12.0 Å². The van der Waals surface area contributed by atoms with Crippen LogP contribution in [-0.2, 0) is 6.42 Å². The van der Waals surface area contributed by atoms with Gasteiger partial charge in [-0.15, -0.1) is 0 Å². The molecule has 0 fully saturated rings. The lowest BCUT2D eigenvalue weighted by molar-refractivity contribution is -0.125. The Hall–Kier alpha value is -1.32. The number of hydrogen-bond acceptors (Lipinski definition) is 1. The highest BCUT2D eigenvalue weighted by molar-refractivity contribution is 5.96. The smallest absolute Gasteiger partial charge is 0.294 e. The summed E-state index contributed by atoms with van der Waals surface area (Å²) in [7, 11) is 0. The zero-order valence-corrected chi connectivity index (χ0v) is 8.97. The highest BCUT2D eigenvalue weighted by atomic mass is 19.4. The number of benzene rings is 1. The maximum atomic E-state index is 12.0. The molecule has 0 aliphatic rings. The molecule has 16 heavy (non-hydrogen) atoms. The summed E-state index contributed by atoms with van der Waals surface area (Å²) in [4.78, 5) is 11.3. The Bertz CT molecular complexity index is 369. The molecule has 4 heteroatoms. The molecule has 0 atom stereocenters. The average molecular weight is 230 g/mol. The molecule has 0 N–H and O–H groups in total. The van der Waals surface area contributed by atoms with E-state index in [2.05, 4.69) is 0 Å². The number of Topliss-reactive ketones (excluding diaryl/α,β-unsaturated/α-hetero) is 1. The van der Waals surface area contributed by atoms with Crippen LogP contribution in [0.5, 0.6) is 0 Å². The third kappa shape index (κ3) is 4.04. The molecule has 0 spiro atoms. The van der Waals surface area contributed by atoms with Crippen molar-refractivity contribution in [3.05, 3.63) is 35.4 Å². The molecule has 0 saturated carbocycles. The van der Waals surface area contributed by atoms with Crippen molar-refractivity contribution in [3.63, 3.8) is 0 Å². The lowest BCUT2D eigenvalue weighted by Gasteiger charge is -2.06. The van der Waals surface area contributed by atoms with Gasteiger partial charge in [0.1, 0.15) is 6.42 Å². The van der Waals surface area contributed by atoms with Crippen LogP contribution >= 0.6 is 0 Å². The maximum Gasteiger partial charge on any atom is 0.396 e. The van der Waals surface area contributed by atoms with E-state index in [9.17, 15) is 18.0 Å². The van der Waals surface area contributed by atoms with E-state index in [1.165, 1.54) is 12.1 Å². The minimum atomic E-state index is -4.43. The molecular weight excluding hydrogens is 217 g/mol. The summed E-state index contributed by atoms with van der Waals surface area (Å²) < 4.78 is 36.1. The van der Waals surface area contributed by atoms with Gasteiger partial charge in [-0.2, -0.15) is 13.2 Å². The summed E-state index contributed by atoms with van der Waals surface area (Å²) in [6, 6.07) is 6.40. The fourth-order valence-electron chi connectivity index (χ4n) is 1.47. The fraction of sp³-hybridized carbons (Fsp3) is 0.417. The number of ketones is 1. The Balaban J connectivity index is 2.79. The Morgan fingerprint density at radius 2 is 2.00 bits per heavy atom. The van der Waals surface area contributed by atoms with E-state index in [1.54, 1.807) is 6.07 Å². The molecular formula is C12H13F3O. The lowest BCUT2D eigenvalue weighted by atomic mass is 10.0. The van der Waals surface area contributed by atoms with Gasteiger partial charge in [-0.05, 0) is 18.1 Å². The first-order valence-electron chi connectivity index (χ1n) is 5.11. The Kier molecular flexibility index (Phi) is 4.10. The van der Waals surface area contributed by atoms with Crippen LogP contribution in [0, 0.1) is 0 Å². The van der Waals surface area contributed by atoms with Crippen LogP contribution in [0.3, 0.4) is 0 Å². The van der Waals surface area contributed by atoms with E-state index < -0.39 is 18.4 Å². The summed E-state index contributed by atoms with van der Waals surface area (Å²) >= 11 is 0. The summed E-state index contributed by atoms with van der Waals surface area (Å²) in [5.74, 6) is -0.870. The minimum absolute atomic E-state index is 0.142. The summed E-state index contributed by atoms with van der Waals surface area (Å²) in [5.41, 5.74) is 1.04. The van der Waals surface area contributed by atoms with Crippen molar-refractivity contribution in [2.75, 3.05) is 0 Å². The second kappa shape index (κ2) is 5.14. The van der Waals surface area contributed by atoms with Crippen molar-refractivity contribution in [1.82, 2.24) is 0 Å². The van der Waals surface area contributed by atoms with E-state index in [0.29, 0.717) is 0 Å². The van der Waals surface area contributed by atoms with Gasteiger partial charge in [-0.1, -0.05) is 31.5 Å². The van der Waals surface area contributed by atoms with Gasteiger partial charge in [0, 0.05) is 5.56 Å². The molecule has 1 aromatic rings. The van der Waals surface area contributed by atoms with Gasteiger partial charge in [0.2, 0.25) is 0 Å². The van der Waals surface area contributed by atoms with E-state index in [-0.39, 0.29) is 5.56 Å². The number of hydrogen-bond donors (Lipinski definition) is 0. The van der Waals surface area contributed by atoms with Crippen molar-refractivity contribution in [3.8, 4) is 0 Å². The zero-order valence-electron chi connectivity index (χ0n) is 8.97. The maximum absolute atomic E-state index is 12.0. The molecule has 0 amide bonds. The average Bonchev–Trinajstić information content (AvgIpc) is 2.16. The predicted octanol–water partition coefficient (Wildman–Crippen LogP) is 3.77. The molecule has 1 nitrogen and oxygen atoms in total. The fourth-order valence-corrected chi connectivity index (χ4v) is 1.47. The van der Waals surface area contributed by atoms with Crippen LogP contribution < -0.4 is 0 Å². The third-order valence-electron chi connectivity index (χ3n) is 2.15. The number of carbonyl (C=O) groups excluding carboxylic acids is 1. The standard InChI is InChI=1S/C12H13F3O/c1-2-4-9-5-3-6-10(7-9)11(16)8-12(13,14)15/h3,5-7H,2,4,8H2,1H3. The summed E-state index contributed by atoms with van der Waals surface area (Å²) in [6.45, 7) is 1.98. The first kappa shape index (κ1) is 12.7. The predicted molar refractivity (Wildman–Crippen MR) is 55.4 cm³/mol. The Labute approximate surface area is 92.3 Å². The number of carbonyl (C=O) groups is 1. The molecule has 0 aliphatic carbocycles. The van der Waals surface area contributed by atoms with Gasteiger partial charge in [0.05, 0.1) is 0 Å².